The number of hydrogen-bond acceptors (Lipinski definition) is 8. The van der Waals surface area contributed by atoms with E-state index >= 15 is 0 Å². The molecule has 92 valence electrons. The fraction of sp³-hybridized carbons (Fsp3) is 0.500. The fourth-order valence-corrected chi connectivity index (χ4v) is 1.41. The highest BCUT2D eigenvalue weighted by atomic mass is 32.3. The van der Waals surface area contributed by atoms with Gasteiger partial charge in [-0.1, -0.05) is 0 Å². The molecule has 0 bridgehead atoms. The van der Waals surface area contributed by atoms with E-state index in [0.717, 1.165) is 0 Å². The van der Waals surface area contributed by atoms with Crippen LogP contribution in [0.25, 0.3) is 0 Å². The molecule has 0 aromatic heterocycles. The number of cyclic esters (lactones) is 1. The van der Waals surface area contributed by atoms with E-state index in [-0.39, 0.29) is 0 Å². The number of aliphatic hydroxyl groups is 3. The van der Waals surface area contributed by atoms with Gasteiger partial charge in [0.05, 0.1) is 6.61 Å². The molecule has 16 heavy (non-hydrogen) atoms. The molecule has 1 aliphatic rings. The molecule has 0 saturated carbocycles. The predicted molar refractivity (Wildman–Crippen MR) is 45.3 cm³/mol. The fourth-order valence-electron chi connectivity index (χ4n) is 1.01. The summed E-state index contributed by atoms with van der Waals surface area (Å²) in [6.45, 7) is -0.871. The third kappa shape index (κ3) is 2.61. The molecule has 0 radical (unpaired) electrons. The molecule has 0 fully saturated rings. The molecule has 2 atom stereocenters. The monoisotopic (exact) mass is 256 g/mol. The van der Waals surface area contributed by atoms with Gasteiger partial charge in [-0.15, -0.1) is 0 Å². The second-order valence-electron chi connectivity index (χ2n) is 2.80. The summed E-state index contributed by atoms with van der Waals surface area (Å²) < 4.78 is 37.3. The Labute approximate surface area is 89.5 Å². The van der Waals surface area contributed by atoms with Crippen molar-refractivity contribution in [2.24, 2.45) is 0 Å². The SMILES string of the molecule is O=C1OC([C@@H](O)CO)C(OS(=O)(=O)O)=C1O. The summed E-state index contributed by atoms with van der Waals surface area (Å²) in [4.78, 5) is 10.8. The molecule has 0 aromatic carbocycles. The Morgan fingerprint density at radius 1 is 1.50 bits per heavy atom. The molecule has 4 N–H and O–H groups in total. The topological polar surface area (TPSA) is 151 Å². The van der Waals surface area contributed by atoms with Crippen LogP contribution in [0.3, 0.4) is 0 Å². The summed E-state index contributed by atoms with van der Waals surface area (Å²) in [5, 5.41) is 26.7. The summed E-state index contributed by atoms with van der Waals surface area (Å²) in [5.41, 5.74) is 0. The van der Waals surface area contributed by atoms with Crippen molar-refractivity contribution in [3.05, 3.63) is 11.5 Å². The molecule has 0 amide bonds. The molecule has 1 heterocycles. The lowest BCUT2D eigenvalue weighted by Crippen LogP contribution is -2.33. The smallest absolute Gasteiger partial charge is 0.446 e. The Morgan fingerprint density at radius 2 is 2.06 bits per heavy atom. The lowest BCUT2D eigenvalue weighted by atomic mass is 10.2. The number of carbonyl (C=O) groups excluding carboxylic acids is 1. The van der Waals surface area contributed by atoms with Gasteiger partial charge in [-0.25, -0.2) is 4.79 Å². The highest BCUT2D eigenvalue weighted by Crippen LogP contribution is 2.25. The first-order valence-electron chi connectivity index (χ1n) is 3.86. The van der Waals surface area contributed by atoms with Gasteiger partial charge in [0.15, 0.2) is 6.10 Å². The predicted octanol–water partition coefficient (Wildman–Crippen LogP) is -2.15. The second-order valence-corrected chi connectivity index (χ2v) is 3.82. The molecule has 1 rings (SSSR count). The first-order valence-corrected chi connectivity index (χ1v) is 5.22. The third-order valence-corrected chi connectivity index (χ3v) is 2.04. The third-order valence-electron chi connectivity index (χ3n) is 1.65. The van der Waals surface area contributed by atoms with Crippen molar-refractivity contribution in [3.63, 3.8) is 0 Å². The number of hydrogen-bond donors (Lipinski definition) is 4. The van der Waals surface area contributed by atoms with E-state index in [2.05, 4.69) is 8.92 Å². The van der Waals surface area contributed by atoms with Crippen molar-refractivity contribution in [1.29, 1.82) is 0 Å². The molecule has 0 aromatic rings. The molecule has 0 aliphatic carbocycles. The molecular weight excluding hydrogens is 248 g/mol. The van der Waals surface area contributed by atoms with Crippen molar-refractivity contribution in [2.75, 3.05) is 6.61 Å². The summed E-state index contributed by atoms with van der Waals surface area (Å²) in [7, 11) is -4.98. The first kappa shape index (κ1) is 12.7. The van der Waals surface area contributed by atoms with Gasteiger partial charge < -0.3 is 24.2 Å². The molecule has 0 saturated heterocycles. The van der Waals surface area contributed by atoms with Gasteiger partial charge in [-0.2, -0.15) is 8.42 Å². The number of ether oxygens (including phenoxy) is 1. The van der Waals surface area contributed by atoms with Crippen LogP contribution in [0.4, 0.5) is 0 Å². The van der Waals surface area contributed by atoms with Crippen LogP contribution < -0.4 is 0 Å². The summed E-state index contributed by atoms with van der Waals surface area (Å²) >= 11 is 0. The van der Waals surface area contributed by atoms with Crippen LogP contribution in [-0.4, -0.2) is 53.1 Å². The quantitative estimate of drug-likeness (QED) is 0.326. The molecule has 10 heteroatoms. The number of esters is 1. The Balaban J connectivity index is 3.03. The summed E-state index contributed by atoms with van der Waals surface area (Å²) in [5.74, 6) is -3.51. The van der Waals surface area contributed by atoms with Crippen molar-refractivity contribution in [1.82, 2.24) is 0 Å². The van der Waals surface area contributed by atoms with Crippen LogP contribution >= 0.6 is 0 Å². The van der Waals surface area contributed by atoms with Crippen LogP contribution in [0.5, 0.6) is 0 Å². The van der Waals surface area contributed by atoms with E-state index in [1.807, 2.05) is 0 Å². The van der Waals surface area contributed by atoms with Gasteiger partial charge in [0.25, 0.3) is 0 Å². The zero-order chi connectivity index (χ0) is 12.5. The molecule has 1 aliphatic heterocycles. The lowest BCUT2D eigenvalue weighted by molar-refractivity contribution is -0.147. The number of aliphatic hydroxyl groups excluding tert-OH is 3. The van der Waals surface area contributed by atoms with E-state index in [1.165, 1.54) is 0 Å². The Morgan fingerprint density at radius 3 is 2.50 bits per heavy atom. The van der Waals surface area contributed by atoms with Crippen molar-refractivity contribution in [2.45, 2.75) is 12.2 Å². The summed E-state index contributed by atoms with van der Waals surface area (Å²) in [6.07, 6.45) is -3.38. The first-order chi connectivity index (χ1) is 7.26. The minimum absolute atomic E-state index is 0.871. The maximum atomic E-state index is 10.8. The van der Waals surface area contributed by atoms with E-state index in [1.54, 1.807) is 0 Å². The summed E-state index contributed by atoms with van der Waals surface area (Å²) in [6, 6.07) is 0. The van der Waals surface area contributed by atoms with Gasteiger partial charge >= 0.3 is 16.4 Å². The zero-order valence-corrected chi connectivity index (χ0v) is 8.42. The van der Waals surface area contributed by atoms with Crippen LogP contribution in [0.15, 0.2) is 11.5 Å². The van der Waals surface area contributed by atoms with Gasteiger partial charge in [0.1, 0.15) is 6.10 Å². The van der Waals surface area contributed by atoms with E-state index < -0.39 is 46.7 Å². The average molecular weight is 256 g/mol. The largest absolute Gasteiger partial charge is 0.499 e. The van der Waals surface area contributed by atoms with Crippen molar-refractivity contribution < 1.29 is 42.0 Å². The van der Waals surface area contributed by atoms with Crippen LogP contribution in [0.1, 0.15) is 0 Å². The highest BCUT2D eigenvalue weighted by molar-refractivity contribution is 7.81. The Bertz CT molecular complexity index is 421. The second kappa shape index (κ2) is 4.25. The van der Waals surface area contributed by atoms with Gasteiger partial charge in [0.2, 0.25) is 11.5 Å². The maximum absolute atomic E-state index is 10.8. The number of rotatable bonds is 4. The highest BCUT2D eigenvalue weighted by Gasteiger charge is 2.42. The van der Waals surface area contributed by atoms with E-state index in [9.17, 15) is 13.2 Å². The van der Waals surface area contributed by atoms with Crippen LogP contribution in [0.2, 0.25) is 0 Å². The van der Waals surface area contributed by atoms with Crippen LogP contribution in [-0.2, 0) is 24.1 Å². The molecule has 0 spiro atoms. The van der Waals surface area contributed by atoms with E-state index in [0.29, 0.717) is 0 Å². The minimum atomic E-state index is -4.98. The number of carbonyl (C=O) groups is 1. The van der Waals surface area contributed by atoms with E-state index in [4.69, 9.17) is 19.9 Å². The minimum Gasteiger partial charge on any atom is -0.499 e. The van der Waals surface area contributed by atoms with Crippen molar-refractivity contribution in [3.8, 4) is 0 Å². The molecular formula is C6H8O9S. The standard InChI is InChI=1S/C6H8O9S/c7-1-2(8)4-5(15-16(11,12)13)3(9)6(10)14-4/h2,4,7-9H,1H2,(H,11,12,13)/t2-,4?/m0/s1. The maximum Gasteiger partial charge on any atom is 0.446 e. The molecule has 9 nitrogen and oxygen atoms in total. The zero-order valence-electron chi connectivity index (χ0n) is 7.60. The van der Waals surface area contributed by atoms with Crippen LogP contribution in [0, 0.1) is 0 Å². The molecule has 1 unspecified atom stereocenters. The van der Waals surface area contributed by atoms with Crippen molar-refractivity contribution >= 4 is 16.4 Å². The van der Waals surface area contributed by atoms with Gasteiger partial charge in [-0.05, 0) is 0 Å². The Kier molecular flexibility index (Phi) is 3.38. The van der Waals surface area contributed by atoms with Gasteiger partial charge in [-0.3, -0.25) is 4.55 Å². The average Bonchev–Trinajstić information content (AvgIpc) is 2.43. The lowest BCUT2D eigenvalue weighted by Gasteiger charge is -2.16. The Hall–Kier alpha value is -1.36. The normalized spacial score (nSPS) is 23.2. The van der Waals surface area contributed by atoms with Gasteiger partial charge in [0, 0.05) is 0 Å².